The van der Waals surface area contributed by atoms with E-state index in [0.29, 0.717) is 5.92 Å². The number of fused-ring (bicyclic) bond motifs is 1. The molecule has 0 spiro atoms. The summed E-state index contributed by atoms with van der Waals surface area (Å²) < 4.78 is 8.48. The van der Waals surface area contributed by atoms with Crippen molar-refractivity contribution in [3.8, 4) is 10.7 Å². The van der Waals surface area contributed by atoms with Gasteiger partial charge in [0.25, 0.3) is 0 Å². The number of aromatic nitrogens is 3. The van der Waals surface area contributed by atoms with E-state index >= 15 is 0 Å². The summed E-state index contributed by atoms with van der Waals surface area (Å²) in [5.74, 6) is 1.48. The van der Waals surface area contributed by atoms with Crippen molar-refractivity contribution in [2.45, 2.75) is 13.0 Å². The van der Waals surface area contributed by atoms with Gasteiger partial charge < -0.3 is 9.30 Å². The molecule has 1 saturated heterocycles. The predicted molar refractivity (Wildman–Crippen MR) is 84.8 cm³/mol. The minimum atomic E-state index is 0.526. The van der Waals surface area contributed by atoms with Crippen LogP contribution in [0.15, 0.2) is 30.5 Å². The number of pyridine rings is 1. The van der Waals surface area contributed by atoms with E-state index in [9.17, 15) is 0 Å². The summed E-state index contributed by atoms with van der Waals surface area (Å²) in [5.41, 5.74) is 1.86. The van der Waals surface area contributed by atoms with E-state index in [4.69, 9.17) is 21.3 Å². The van der Waals surface area contributed by atoms with Crippen molar-refractivity contribution >= 4 is 34.1 Å². The van der Waals surface area contributed by atoms with Crippen LogP contribution in [0.1, 0.15) is 6.42 Å². The minimum absolute atomic E-state index is 0.526. The maximum absolute atomic E-state index is 6.08. The highest BCUT2D eigenvalue weighted by Gasteiger charge is 2.21. The molecule has 0 saturated carbocycles. The first-order valence-electron chi connectivity index (χ1n) is 6.96. The molecule has 1 aliphatic heterocycles. The molecule has 1 atom stereocenters. The van der Waals surface area contributed by atoms with Crippen molar-refractivity contribution in [3.05, 3.63) is 34.8 Å². The van der Waals surface area contributed by atoms with Crippen molar-refractivity contribution in [1.29, 1.82) is 0 Å². The Morgan fingerprint density at radius 3 is 3.10 bits per heavy atom. The van der Waals surface area contributed by atoms with Crippen LogP contribution in [0.2, 0.25) is 4.34 Å². The van der Waals surface area contributed by atoms with E-state index < -0.39 is 0 Å². The van der Waals surface area contributed by atoms with E-state index in [0.717, 1.165) is 52.4 Å². The monoisotopic (exact) mass is 319 g/mol. The fourth-order valence-corrected chi connectivity index (χ4v) is 3.78. The van der Waals surface area contributed by atoms with Gasteiger partial charge in [0.1, 0.15) is 5.52 Å². The fraction of sp³-hybridized carbons (Fsp3) is 0.333. The van der Waals surface area contributed by atoms with Gasteiger partial charge in [0.15, 0.2) is 11.5 Å². The number of ether oxygens (including phenoxy) is 1. The molecule has 1 unspecified atom stereocenters. The number of imidazole rings is 1. The number of hydrogen-bond acceptors (Lipinski definition) is 4. The average molecular weight is 320 g/mol. The van der Waals surface area contributed by atoms with E-state index in [1.165, 1.54) is 0 Å². The summed E-state index contributed by atoms with van der Waals surface area (Å²) in [6.45, 7) is 2.56. The second-order valence-electron chi connectivity index (χ2n) is 5.23. The first kappa shape index (κ1) is 13.2. The Labute approximate surface area is 131 Å². The van der Waals surface area contributed by atoms with Crippen LogP contribution in [0.25, 0.3) is 21.9 Å². The average Bonchev–Trinajstić information content (AvgIpc) is 3.20. The second kappa shape index (κ2) is 5.40. The summed E-state index contributed by atoms with van der Waals surface area (Å²) in [7, 11) is 0. The summed E-state index contributed by atoms with van der Waals surface area (Å²) in [4.78, 5) is 10.3. The maximum Gasteiger partial charge on any atom is 0.160 e. The largest absolute Gasteiger partial charge is 0.381 e. The molecule has 4 heterocycles. The molecule has 6 heteroatoms. The zero-order chi connectivity index (χ0) is 14.2. The predicted octanol–water partition coefficient (Wildman–Crippen LogP) is 3.85. The lowest BCUT2D eigenvalue weighted by atomic mass is 10.1. The molecule has 0 bridgehead atoms. The minimum Gasteiger partial charge on any atom is -0.381 e. The van der Waals surface area contributed by atoms with E-state index in [1.54, 1.807) is 11.3 Å². The molecule has 4 nitrogen and oxygen atoms in total. The Morgan fingerprint density at radius 1 is 1.38 bits per heavy atom. The Bertz CT molecular complexity index is 776. The molecule has 21 heavy (non-hydrogen) atoms. The molecule has 3 aromatic heterocycles. The van der Waals surface area contributed by atoms with Crippen molar-refractivity contribution in [2.24, 2.45) is 5.92 Å². The Kier molecular flexibility index (Phi) is 3.41. The van der Waals surface area contributed by atoms with Gasteiger partial charge >= 0.3 is 0 Å². The SMILES string of the molecule is Clc1ccc(-c2nc3cccnc3n2CC2CCOC2)s1. The topological polar surface area (TPSA) is 39.9 Å². The third-order valence-corrected chi connectivity index (χ3v) is 4.99. The third kappa shape index (κ3) is 2.46. The molecule has 0 N–H and O–H groups in total. The lowest BCUT2D eigenvalue weighted by Gasteiger charge is -2.11. The number of rotatable bonds is 3. The highest BCUT2D eigenvalue weighted by molar-refractivity contribution is 7.19. The van der Waals surface area contributed by atoms with E-state index in [1.807, 2.05) is 30.5 Å². The van der Waals surface area contributed by atoms with Gasteiger partial charge in [0, 0.05) is 25.3 Å². The molecule has 0 aliphatic carbocycles. The normalized spacial score (nSPS) is 18.6. The molecule has 3 aromatic rings. The summed E-state index contributed by atoms with van der Waals surface area (Å²) in [6, 6.07) is 7.86. The van der Waals surface area contributed by atoms with Crippen molar-refractivity contribution < 1.29 is 4.74 Å². The van der Waals surface area contributed by atoms with Crippen LogP contribution in [0.3, 0.4) is 0 Å². The van der Waals surface area contributed by atoms with Crippen LogP contribution < -0.4 is 0 Å². The van der Waals surface area contributed by atoms with Crippen molar-refractivity contribution in [2.75, 3.05) is 13.2 Å². The number of hydrogen-bond donors (Lipinski definition) is 0. The molecule has 4 rings (SSSR count). The molecule has 1 aliphatic rings. The molecular formula is C15H14ClN3OS. The van der Waals surface area contributed by atoms with Gasteiger partial charge in [0.2, 0.25) is 0 Å². The summed E-state index contributed by atoms with van der Waals surface area (Å²) >= 11 is 7.63. The maximum atomic E-state index is 6.08. The summed E-state index contributed by atoms with van der Waals surface area (Å²) in [5, 5.41) is 0. The smallest absolute Gasteiger partial charge is 0.160 e. The van der Waals surface area contributed by atoms with Gasteiger partial charge in [-0.3, -0.25) is 0 Å². The lowest BCUT2D eigenvalue weighted by molar-refractivity contribution is 0.183. The second-order valence-corrected chi connectivity index (χ2v) is 6.94. The fourth-order valence-electron chi connectivity index (χ4n) is 2.74. The van der Waals surface area contributed by atoms with Gasteiger partial charge in [-0.2, -0.15) is 0 Å². The third-order valence-electron chi connectivity index (χ3n) is 3.76. The molecule has 0 aromatic carbocycles. The van der Waals surface area contributed by atoms with Gasteiger partial charge in [-0.15, -0.1) is 11.3 Å². The van der Waals surface area contributed by atoms with Crippen molar-refractivity contribution in [3.63, 3.8) is 0 Å². The molecule has 108 valence electrons. The standard InChI is InChI=1S/C15H14ClN3OS/c16-13-4-3-12(21-13)15-18-11-2-1-6-17-14(11)19(15)8-10-5-7-20-9-10/h1-4,6,10H,5,7-9H2. The summed E-state index contributed by atoms with van der Waals surface area (Å²) in [6.07, 6.45) is 2.91. The molecule has 1 fully saturated rings. The van der Waals surface area contributed by atoms with Crippen LogP contribution >= 0.6 is 22.9 Å². The van der Waals surface area contributed by atoms with E-state index in [2.05, 4.69) is 9.55 Å². The van der Waals surface area contributed by atoms with Crippen LogP contribution in [-0.2, 0) is 11.3 Å². The van der Waals surface area contributed by atoms with Crippen LogP contribution in [-0.4, -0.2) is 27.7 Å². The zero-order valence-corrected chi connectivity index (χ0v) is 12.9. The Hall–Kier alpha value is -1.43. The number of thiophene rings is 1. The van der Waals surface area contributed by atoms with E-state index in [-0.39, 0.29) is 0 Å². The Morgan fingerprint density at radius 2 is 2.33 bits per heavy atom. The van der Waals surface area contributed by atoms with Crippen LogP contribution in [0.5, 0.6) is 0 Å². The molecular weight excluding hydrogens is 306 g/mol. The highest BCUT2D eigenvalue weighted by Crippen LogP contribution is 2.33. The van der Waals surface area contributed by atoms with Gasteiger partial charge in [0.05, 0.1) is 15.8 Å². The van der Waals surface area contributed by atoms with Gasteiger partial charge in [-0.05, 0) is 30.7 Å². The van der Waals surface area contributed by atoms with Gasteiger partial charge in [-0.25, -0.2) is 9.97 Å². The molecule has 0 amide bonds. The van der Waals surface area contributed by atoms with Crippen molar-refractivity contribution in [1.82, 2.24) is 14.5 Å². The first-order valence-corrected chi connectivity index (χ1v) is 8.15. The van der Waals surface area contributed by atoms with Gasteiger partial charge in [-0.1, -0.05) is 11.6 Å². The molecule has 0 radical (unpaired) electrons. The highest BCUT2D eigenvalue weighted by atomic mass is 35.5. The zero-order valence-electron chi connectivity index (χ0n) is 11.3. The first-order chi connectivity index (χ1) is 10.3. The lowest BCUT2D eigenvalue weighted by Crippen LogP contribution is -2.12. The quantitative estimate of drug-likeness (QED) is 0.736. The van der Waals surface area contributed by atoms with Crippen LogP contribution in [0, 0.1) is 5.92 Å². The number of nitrogens with zero attached hydrogens (tertiary/aromatic N) is 3. The van der Waals surface area contributed by atoms with Crippen LogP contribution in [0.4, 0.5) is 0 Å². The number of halogens is 1. The Balaban J connectivity index is 1.84.